The lowest BCUT2D eigenvalue weighted by Gasteiger charge is -2.21. The molecule has 0 bridgehead atoms. The molecular formula is C28H28F3N5S. The van der Waals surface area contributed by atoms with Gasteiger partial charge in [-0.3, -0.25) is 4.98 Å². The zero-order valence-electron chi connectivity index (χ0n) is 20.8. The van der Waals surface area contributed by atoms with E-state index in [4.69, 9.17) is 0 Å². The van der Waals surface area contributed by atoms with E-state index in [-0.39, 0.29) is 5.41 Å². The molecule has 0 unspecified atom stereocenters. The van der Waals surface area contributed by atoms with Crippen molar-refractivity contribution in [2.45, 2.75) is 36.5 Å². The Morgan fingerprint density at radius 3 is 2.65 bits per heavy atom. The lowest BCUT2D eigenvalue weighted by molar-refractivity contribution is -0.137. The first-order valence-corrected chi connectivity index (χ1v) is 13.5. The number of nitrogens with zero attached hydrogens (tertiary/aromatic N) is 5. The van der Waals surface area contributed by atoms with Crippen LogP contribution in [-0.4, -0.2) is 50.0 Å². The summed E-state index contributed by atoms with van der Waals surface area (Å²) in [5.74, 6) is 2.31. The minimum Gasteiger partial charge on any atom is -0.305 e. The van der Waals surface area contributed by atoms with Gasteiger partial charge in [0.1, 0.15) is 0 Å². The summed E-state index contributed by atoms with van der Waals surface area (Å²) in [5.41, 5.74) is 3.48. The summed E-state index contributed by atoms with van der Waals surface area (Å²) in [6.45, 7) is 4.92. The highest BCUT2D eigenvalue weighted by molar-refractivity contribution is 7.99. The van der Waals surface area contributed by atoms with Crippen molar-refractivity contribution in [3.05, 3.63) is 71.4 Å². The van der Waals surface area contributed by atoms with Gasteiger partial charge >= 0.3 is 6.18 Å². The van der Waals surface area contributed by atoms with E-state index in [2.05, 4.69) is 32.2 Å². The van der Waals surface area contributed by atoms with Crippen LogP contribution in [-0.2, 0) is 18.6 Å². The van der Waals surface area contributed by atoms with Gasteiger partial charge in [-0.15, -0.1) is 10.2 Å². The number of alkyl halides is 3. The molecule has 2 aromatic carbocycles. The minimum atomic E-state index is -4.28. The van der Waals surface area contributed by atoms with Crippen LogP contribution in [0.4, 0.5) is 13.2 Å². The van der Waals surface area contributed by atoms with E-state index in [9.17, 15) is 13.2 Å². The smallest absolute Gasteiger partial charge is 0.305 e. The molecule has 192 valence electrons. The maximum absolute atomic E-state index is 12.9. The molecule has 5 nitrogen and oxygen atoms in total. The van der Waals surface area contributed by atoms with Crippen LogP contribution in [0, 0.1) is 12.8 Å². The van der Waals surface area contributed by atoms with E-state index in [0.717, 1.165) is 76.9 Å². The van der Waals surface area contributed by atoms with Crippen molar-refractivity contribution in [2.75, 3.05) is 25.4 Å². The average molecular weight is 524 g/mol. The molecule has 1 aliphatic heterocycles. The molecule has 2 aromatic heterocycles. The summed E-state index contributed by atoms with van der Waals surface area (Å²) >= 11 is 1.71. The van der Waals surface area contributed by atoms with E-state index in [1.54, 1.807) is 23.9 Å². The summed E-state index contributed by atoms with van der Waals surface area (Å²) in [7, 11) is 2.00. The third-order valence-corrected chi connectivity index (χ3v) is 8.91. The van der Waals surface area contributed by atoms with Crippen LogP contribution in [0.15, 0.2) is 59.8 Å². The summed E-state index contributed by atoms with van der Waals surface area (Å²) in [6.07, 6.45) is -2.19. The number of hydrogen-bond donors (Lipinski definition) is 0. The molecule has 0 amide bonds. The monoisotopic (exact) mass is 523 g/mol. The second-order valence-corrected chi connectivity index (χ2v) is 11.3. The topological polar surface area (TPSA) is 46.8 Å². The normalized spacial score (nSPS) is 21.5. The zero-order chi connectivity index (χ0) is 25.8. The Labute approximate surface area is 218 Å². The van der Waals surface area contributed by atoms with Crippen molar-refractivity contribution in [2.24, 2.45) is 13.0 Å². The predicted octanol–water partition coefficient (Wildman–Crippen LogP) is 6.11. The predicted molar refractivity (Wildman–Crippen MR) is 139 cm³/mol. The van der Waals surface area contributed by atoms with Crippen molar-refractivity contribution in [1.29, 1.82) is 0 Å². The van der Waals surface area contributed by atoms with Gasteiger partial charge in [0.05, 0.1) is 11.1 Å². The SMILES string of the molecule is Cc1ccc2c(-c3nnc(SCCCN4C[C@@H]5C[C@]5(c5ccc(C(F)(F)F)cc5)C4)n3C)cccc2n1. The van der Waals surface area contributed by atoms with Gasteiger partial charge in [0.2, 0.25) is 0 Å². The Bertz CT molecular complexity index is 1450. The van der Waals surface area contributed by atoms with Crippen molar-refractivity contribution in [3.63, 3.8) is 0 Å². The van der Waals surface area contributed by atoms with E-state index in [1.165, 1.54) is 12.1 Å². The van der Waals surface area contributed by atoms with E-state index in [1.807, 2.05) is 36.7 Å². The quantitative estimate of drug-likeness (QED) is 0.216. The Hall–Kier alpha value is -2.91. The van der Waals surface area contributed by atoms with Gasteiger partial charge in [-0.25, -0.2) is 0 Å². The van der Waals surface area contributed by atoms with Gasteiger partial charge in [-0.1, -0.05) is 42.1 Å². The highest BCUT2D eigenvalue weighted by Gasteiger charge is 2.60. The van der Waals surface area contributed by atoms with Gasteiger partial charge in [-0.05, 0) is 62.1 Å². The standard InChI is InChI=1S/C28H28F3N5S/c1-18-7-12-22-23(5-3-6-24(22)32-18)25-33-34-26(35(25)2)37-14-4-13-36-16-21-15-27(21,17-36)19-8-10-20(11-9-19)28(29,30)31/h3,5-12,21H,4,13-17H2,1-2H3/t21-,27+/m0/s1. The number of aromatic nitrogens is 4. The van der Waals surface area contributed by atoms with Crippen molar-refractivity contribution in [3.8, 4) is 11.4 Å². The Balaban J connectivity index is 1.05. The number of benzene rings is 2. The molecule has 2 fully saturated rings. The van der Waals surface area contributed by atoms with E-state index in [0.29, 0.717) is 5.92 Å². The van der Waals surface area contributed by atoms with Gasteiger partial charge in [0, 0.05) is 47.9 Å². The number of fused-ring (bicyclic) bond motifs is 2. The maximum atomic E-state index is 12.9. The van der Waals surface area contributed by atoms with Crippen LogP contribution >= 0.6 is 11.8 Å². The second-order valence-electron chi connectivity index (χ2n) is 10.3. The molecule has 1 aliphatic carbocycles. The first-order valence-electron chi connectivity index (χ1n) is 12.5. The Kier molecular flexibility index (Phi) is 6.03. The van der Waals surface area contributed by atoms with Gasteiger partial charge in [0.25, 0.3) is 0 Å². The summed E-state index contributed by atoms with van der Waals surface area (Å²) < 4.78 is 40.8. The molecule has 0 radical (unpaired) electrons. The summed E-state index contributed by atoms with van der Waals surface area (Å²) in [5, 5.41) is 10.9. The van der Waals surface area contributed by atoms with Crippen molar-refractivity contribution < 1.29 is 13.2 Å². The fourth-order valence-corrected chi connectivity index (χ4v) is 6.61. The van der Waals surface area contributed by atoms with Gasteiger partial charge in [0.15, 0.2) is 11.0 Å². The molecule has 0 spiro atoms. The van der Waals surface area contributed by atoms with Crippen LogP contribution in [0.3, 0.4) is 0 Å². The van der Waals surface area contributed by atoms with Crippen LogP contribution in [0.1, 0.15) is 29.7 Å². The fraction of sp³-hybridized carbons (Fsp3) is 0.393. The van der Waals surface area contributed by atoms with Gasteiger partial charge in [-0.2, -0.15) is 13.2 Å². The summed E-state index contributed by atoms with van der Waals surface area (Å²) in [6, 6.07) is 16.0. The fourth-order valence-electron chi connectivity index (χ4n) is 5.77. The highest BCUT2D eigenvalue weighted by atomic mass is 32.2. The molecule has 2 aliphatic rings. The molecular weight excluding hydrogens is 495 g/mol. The zero-order valence-corrected chi connectivity index (χ0v) is 21.6. The largest absolute Gasteiger partial charge is 0.416 e. The first-order chi connectivity index (χ1) is 17.7. The summed E-state index contributed by atoms with van der Waals surface area (Å²) in [4.78, 5) is 7.09. The number of thioether (sulfide) groups is 1. The van der Waals surface area contributed by atoms with Gasteiger partial charge < -0.3 is 9.47 Å². The highest BCUT2D eigenvalue weighted by Crippen LogP contribution is 2.59. The average Bonchev–Trinajstić information content (AvgIpc) is 3.25. The lowest BCUT2D eigenvalue weighted by atomic mass is 9.94. The number of rotatable bonds is 7. The van der Waals surface area contributed by atoms with E-state index >= 15 is 0 Å². The van der Waals surface area contributed by atoms with E-state index < -0.39 is 11.7 Å². The van der Waals surface area contributed by atoms with Crippen molar-refractivity contribution >= 4 is 22.7 Å². The van der Waals surface area contributed by atoms with Crippen LogP contribution in [0.5, 0.6) is 0 Å². The Morgan fingerprint density at radius 2 is 1.86 bits per heavy atom. The van der Waals surface area contributed by atoms with Crippen LogP contribution < -0.4 is 0 Å². The third-order valence-electron chi connectivity index (χ3n) is 7.80. The minimum absolute atomic E-state index is 0.0433. The first kappa shape index (κ1) is 24.4. The molecule has 2 atom stereocenters. The molecule has 6 rings (SSSR count). The number of halogens is 3. The molecule has 4 aromatic rings. The molecule has 9 heteroatoms. The second kappa shape index (κ2) is 9.13. The molecule has 1 saturated carbocycles. The maximum Gasteiger partial charge on any atom is 0.416 e. The number of pyridine rings is 1. The molecule has 37 heavy (non-hydrogen) atoms. The lowest BCUT2D eigenvalue weighted by Crippen LogP contribution is -2.28. The third kappa shape index (κ3) is 4.52. The molecule has 3 heterocycles. The van der Waals surface area contributed by atoms with Crippen LogP contribution in [0.2, 0.25) is 0 Å². The molecule has 1 saturated heterocycles. The number of piperidine rings is 1. The van der Waals surface area contributed by atoms with Crippen LogP contribution in [0.25, 0.3) is 22.3 Å². The number of aryl methyl sites for hydroxylation is 1. The number of hydrogen-bond acceptors (Lipinski definition) is 5. The Morgan fingerprint density at radius 1 is 1.05 bits per heavy atom. The number of likely N-dealkylation sites (tertiary alicyclic amines) is 1. The van der Waals surface area contributed by atoms with Crippen molar-refractivity contribution in [1.82, 2.24) is 24.6 Å². The molecule has 0 N–H and O–H groups in total.